The highest BCUT2D eigenvalue weighted by Gasteiger charge is 2.09. The molecule has 15 heavy (non-hydrogen) atoms. The van der Waals surface area contributed by atoms with E-state index in [-0.39, 0.29) is 12.6 Å². The Kier molecular flexibility index (Phi) is 5.32. The summed E-state index contributed by atoms with van der Waals surface area (Å²) in [6, 6.07) is 10.5. The number of nitrogens with one attached hydrogen (secondary N) is 1. The zero-order chi connectivity index (χ0) is 11.1. The maximum absolute atomic E-state index is 8.67. The topological polar surface area (TPSA) is 58.3 Å². The van der Waals surface area contributed by atoms with Crippen LogP contribution in [-0.4, -0.2) is 24.3 Å². The second kappa shape index (κ2) is 6.56. The van der Waals surface area contributed by atoms with Gasteiger partial charge in [0.05, 0.1) is 6.61 Å². The molecule has 1 rings (SSSR count). The van der Waals surface area contributed by atoms with Crippen molar-refractivity contribution < 1.29 is 5.11 Å². The van der Waals surface area contributed by atoms with Gasteiger partial charge in [-0.1, -0.05) is 30.3 Å². The molecule has 0 aliphatic carbocycles. The van der Waals surface area contributed by atoms with E-state index in [0.717, 1.165) is 12.0 Å². The van der Waals surface area contributed by atoms with Gasteiger partial charge in [0.15, 0.2) is 0 Å². The van der Waals surface area contributed by atoms with Crippen LogP contribution in [0.4, 0.5) is 0 Å². The molecule has 0 amide bonds. The van der Waals surface area contributed by atoms with E-state index in [1.165, 1.54) is 0 Å². The lowest BCUT2D eigenvalue weighted by atomic mass is 10.0. The minimum Gasteiger partial charge on any atom is -0.395 e. The summed E-state index contributed by atoms with van der Waals surface area (Å²) in [7, 11) is 0. The van der Waals surface area contributed by atoms with Gasteiger partial charge in [0.2, 0.25) is 0 Å². The van der Waals surface area contributed by atoms with Crippen molar-refractivity contribution in [2.75, 3.05) is 13.2 Å². The van der Waals surface area contributed by atoms with Gasteiger partial charge < -0.3 is 16.2 Å². The van der Waals surface area contributed by atoms with Crippen LogP contribution in [0.3, 0.4) is 0 Å². The van der Waals surface area contributed by atoms with Crippen LogP contribution in [0.5, 0.6) is 0 Å². The molecule has 0 fully saturated rings. The van der Waals surface area contributed by atoms with Gasteiger partial charge in [0.1, 0.15) is 0 Å². The standard InChI is InChI=1S/C12H20N2O/c1-10(14-7-8-15)9-12(13)11-5-3-2-4-6-11/h2-6,10,12,14-15H,7-9,13H2,1H3. The summed E-state index contributed by atoms with van der Waals surface area (Å²) in [5, 5.41) is 11.9. The fourth-order valence-electron chi connectivity index (χ4n) is 1.61. The number of nitrogens with two attached hydrogens (primary N) is 1. The predicted molar refractivity (Wildman–Crippen MR) is 62.5 cm³/mol. The summed E-state index contributed by atoms with van der Waals surface area (Å²) in [5.74, 6) is 0. The molecule has 3 nitrogen and oxygen atoms in total. The third-order valence-corrected chi connectivity index (χ3v) is 2.44. The summed E-state index contributed by atoms with van der Waals surface area (Å²) in [6.07, 6.45) is 0.879. The van der Waals surface area contributed by atoms with Crippen LogP contribution < -0.4 is 11.1 Å². The van der Waals surface area contributed by atoms with Crippen LogP contribution in [-0.2, 0) is 0 Å². The highest BCUT2D eigenvalue weighted by atomic mass is 16.3. The number of rotatable bonds is 6. The molecule has 3 heteroatoms. The van der Waals surface area contributed by atoms with Crippen LogP contribution in [0.1, 0.15) is 24.9 Å². The molecule has 84 valence electrons. The lowest BCUT2D eigenvalue weighted by Gasteiger charge is -2.18. The summed E-state index contributed by atoms with van der Waals surface area (Å²) in [4.78, 5) is 0. The van der Waals surface area contributed by atoms with E-state index in [1.807, 2.05) is 30.3 Å². The molecule has 0 heterocycles. The molecule has 1 aromatic carbocycles. The van der Waals surface area contributed by atoms with E-state index >= 15 is 0 Å². The maximum atomic E-state index is 8.67. The van der Waals surface area contributed by atoms with Crippen LogP contribution in [0, 0.1) is 0 Å². The largest absolute Gasteiger partial charge is 0.395 e. The lowest BCUT2D eigenvalue weighted by Crippen LogP contribution is -2.32. The molecule has 4 N–H and O–H groups in total. The smallest absolute Gasteiger partial charge is 0.0556 e. The van der Waals surface area contributed by atoms with Crippen molar-refractivity contribution in [1.82, 2.24) is 5.32 Å². The van der Waals surface area contributed by atoms with Crippen molar-refractivity contribution in [1.29, 1.82) is 0 Å². The Bertz CT molecular complexity index is 264. The van der Waals surface area contributed by atoms with Crippen LogP contribution in [0.25, 0.3) is 0 Å². The van der Waals surface area contributed by atoms with E-state index in [4.69, 9.17) is 10.8 Å². The molecule has 0 saturated carbocycles. The Morgan fingerprint density at radius 3 is 2.60 bits per heavy atom. The summed E-state index contributed by atoms with van der Waals surface area (Å²) in [5.41, 5.74) is 7.23. The van der Waals surface area contributed by atoms with Crippen LogP contribution >= 0.6 is 0 Å². The van der Waals surface area contributed by atoms with Gasteiger partial charge in [0, 0.05) is 18.6 Å². The minimum absolute atomic E-state index is 0.0624. The van der Waals surface area contributed by atoms with Gasteiger partial charge in [-0.15, -0.1) is 0 Å². The van der Waals surface area contributed by atoms with E-state index in [2.05, 4.69) is 12.2 Å². The highest BCUT2D eigenvalue weighted by molar-refractivity contribution is 5.18. The van der Waals surface area contributed by atoms with E-state index in [0.29, 0.717) is 12.6 Å². The average molecular weight is 208 g/mol. The Morgan fingerprint density at radius 1 is 1.33 bits per heavy atom. The number of aliphatic hydroxyl groups excluding tert-OH is 1. The molecule has 2 atom stereocenters. The molecule has 0 bridgehead atoms. The number of aliphatic hydroxyl groups is 1. The zero-order valence-electron chi connectivity index (χ0n) is 9.19. The van der Waals surface area contributed by atoms with E-state index in [1.54, 1.807) is 0 Å². The molecule has 0 radical (unpaired) electrons. The fraction of sp³-hybridized carbons (Fsp3) is 0.500. The second-order valence-electron chi connectivity index (χ2n) is 3.83. The molecule has 0 aliphatic heterocycles. The number of hydrogen-bond acceptors (Lipinski definition) is 3. The minimum atomic E-state index is 0.0624. The van der Waals surface area contributed by atoms with Crippen molar-refractivity contribution in [2.24, 2.45) is 5.73 Å². The van der Waals surface area contributed by atoms with Crippen LogP contribution in [0.15, 0.2) is 30.3 Å². The maximum Gasteiger partial charge on any atom is 0.0556 e. The normalized spacial score (nSPS) is 14.9. The Hall–Kier alpha value is -0.900. The van der Waals surface area contributed by atoms with E-state index < -0.39 is 0 Å². The quantitative estimate of drug-likeness (QED) is 0.655. The van der Waals surface area contributed by atoms with Gasteiger partial charge in [-0.25, -0.2) is 0 Å². The first-order valence-corrected chi connectivity index (χ1v) is 5.38. The zero-order valence-corrected chi connectivity index (χ0v) is 9.19. The SMILES string of the molecule is CC(CC(N)c1ccccc1)NCCO. The van der Waals surface area contributed by atoms with Gasteiger partial charge in [-0.3, -0.25) is 0 Å². The molecule has 1 aromatic rings. The lowest BCUT2D eigenvalue weighted by molar-refractivity contribution is 0.282. The Balaban J connectivity index is 2.38. The van der Waals surface area contributed by atoms with Gasteiger partial charge >= 0.3 is 0 Å². The molecule has 2 unspecified atom stereocenters. The van der Waals surface area contributed by atoms with Crippen molar-refractivity contribution in [3.05, 3.63) is 35.9 Å². The van der Waals surface area contributed by atoms with Crippen molar-refractivity contribution in [3.63, 3.8) is 0 Å². The predicted octanol–water partition coefficient (Wildman–Crippen LogP) is 1.05. The summed E-state index contributed by atoms with van der Waals surface area (Å²) < 4.78 is 0. The molecular formula is C12H20N2O. The third-order valence-electron chi connectivity index (χ3n) is 2.44. The Labute approximate surface area is 91.3 Å². The summed E-state index contributed by atoms with van der Waals surface area (Å²) >= 11 is 0. The number of hydrogen-bond donors (Lipinski definition) is 3. The monoisotopic (exact) mass is 208 g/mol. The van der Waals surface area contributed by atoms with Crippen molar-refractivity contribution in [2.45, 2.75) is 25.4 Å². The molecule has 0 aromatic heterocycles. The first-order valence-electron chi connectivity index (χ1n) is 5.38. The molecular weight excluding hydrogens is 188 g/mol. The molecule has 0 saturated heterocycles. The molecule has 0 aliphatic rings. The van der Waals surface area contributed by atoms with Gasteiger partial charge in [0.25, 0.3) is 0 Å². The van der Waals surface area contributed by atoms with Crippen molar-refractivity contribution >= 4 is 0 Å². The highest BCUT2D eigenvalue weighted by Crippen LogP contribution is 2.14. The summed E-state index contributed by atoms with van der Waals surface area (Å²) in [6.45, 7) is 2.88. The van der Waals surface area contributed by atoms with Gasteiger partial charge in [-0.05, 0) is 18.9 Å². The average Bonchev–Trinajstić information content (AvgIpc) is 2.27. The first kappa shape index (κ1) is 12.2. The molecule has 0 spiro atoms. The van der Waals surface area contributed by atoms with Crippen molar-refractivity contribution in [3.8, 4) is 0 Å². The third kappa shape index (κ3) is 4.42. The van der Waals surface area contributed by atoms with Gasteiger partial charge in [-0.2, -0.15) is 0 Å². The number of benzene rings is 1. The fourth-order valence-corrected chi connectivity index (χ4v) is 1.61. The second-order valence-corrected chi connectivity index (χ2v) is 3.83. The van der Waals surface area contributed by atoms with Crippen LogP contribution in [0.2, 0.25) is 0 Å². The Morgan fingerprint density at radius 2 is 2.00 bits per heavy atom. The first-order chi connectivity index (χ1) is 7.24. The van der Waals surface area contributed by atoms with E-state index in [9.17, 15) is 0 Å².